The molecule has 2 aromatic heterocycles. The minimum Gasteiger partial charge on any atom is -0.451 e. The van der Waals surface area contributed by atoms with E-state index in [2.05, 4.69) is 21.7 Å². The fourth-order valence-electron chi connectivity index (χ4n) is 3.29. The van der Waals surface area contributed by atoms with Gasteiger partial charge in [0.2, 0.25) is 0 Å². The molecule has 0 bridgehead atoms. The van der Waals surface area contributed by atoms with Gasteiger partial charge in [0.25, 0.3) is 5.91 Å². The smallest absolute Gasteiger partial charge is 0.287 e. The van der Waals surface area contributed by atoms with Crippen molar-refractivity contribution in [1.29, 1.82) is 0 Å². The van der Waals surface area contributed by atoms with Crippen LogP contribution in [-0.4, -0.2) is 43.7 Å². The van der Waals surface area contributed by atoms with Gasteiger partial charge in [-0.05, 0) is 47.8 Å². The third-order valence-electron chi connectivity index (χ3n) is 4.77. The van der Waals surface area contributed by atoms with Crippen molar-refractivity contribution in [3.63, 3.8) is 0 Å². The van der Waals surface area contributed by atoms with E-state index in [1.807, 2.05) is 18.2 Å². The van der Waals surface area contributed by atoms with Crippen LogP contribution in [0.4, 0.5) is 0 Å². The van der Waals surface area contributed by atoms with Crippen LogP contribution in [0.25, 0.3) is 11.3 Å². The molecule has 1 unspecified atom stereocenters. The number of thiophene rings is 1. The average molecular weight is 417 g/mol. The summed E-state index contributed by atoms with van der Waals surface area (Å²) in [6.07, 6.45) is 0. The molecule has 1 N–H and O–H groups in total. The monoisotopic (exact) mass is 416 g/mol. The van der Waals surface area contributed by atoms with Crippen LogP contribution in [0.3, 0.4) is 0 Å². The fraction of sp³-hybridized carbons (Fsp3) is 0.286. The van der Waals surface area contributed by atoms with Crippen LogP contribution in [0.1, 0.15) is 21.5 Å². The Labute approximate surface area is 172 Å². The molecule has 4 rings (SSSR count). The van der Waals surface area contributed by atoms with Crippen LogP contribution >= 0.6 is 22.9 Å². The van der Waals surface area contributed by atoms with Crippen molar-refractivity contribution < 1.29 is 13.9 Å². The van der Waals surface area contributed by atoms with Crippen molar-refractivity contribution >= 4 is 28.8 Å². The maximum absolute atomic E-state index is 12.6. The van der Waals surface area contributed by atoms with Gasteiger partial charge in [-0.1, -0.05) is 17.7 Å². The number of nitrogens with zero attached hydrogens (tertiary/aromatic N) is 1. The Morgan fingerprint density at radius 3 is 2.64 bits per heavy atom. The molecule has 1 saturated heterocycles. The zero-order valence-corrected chi connectivity index (χ0v) is 16.8. The van der Waals surface area contributed by atoms with Crippen LogP contribution in [-0.2, 0) is 4.74 Å². The number of nitrogens with one attached hydrogen (secondary N) is 1. The van der Waals surface area contributed by atoms with Crippen LogP contribution in [0.2, 0.25) is 5.02 Å². The Kier molecular flexibility index (Phi) is 6.12. The number of ether oxygens (including phenoxy) is 1. The molecule has 5 nitrogen and oxygen atoms in total. The summed E-state index contributed by atoms with van der Waals surface area (Å²) < 4.78 is 11.2. The Bertz CT molecular complexity index is 902. The molecule has 0 aliphatic carbocycles. The molecule has 0 radical (unpaired) electrons. The van der Waals surface area contributed by atoms with E-state index in [0.717, 1.165) is 31.9 Å². The van der Waals surface area contributed by atoms with Crippen LogP contribution in [0.15, 0.2) is 58.3 Å². The quantitative estimate of drug-likeness (QED) is 0.644. The summed E-state index contributed by atoms with van der Waals surface area (Å²) in [5, 5.41) is 5.76. The lowest BCUT2D eigenvalue weighted by Crippen LogP contribution is -2.43. The van der Waals surface area contributed by atoms with Gasteiger partial charge in [-0.3, -0.25) is 9.69 Å². The van der Waals surface area contributed by atoms with Gasteiger partial charge in [0, 0.05) is 35.1 Å². The van der Waals surface area contributed by atoms with E-state index in [0.29, 0.717) is 23.1 Å². The topological polar surface area (TPSA) is 54.7 Å². The van der Waals surface area contributed by atoms with Gasteiger partial charge in [-0.15, -0.1) is 11.3 Å². The maximum atomic E-state index is 12.6. The van der Waals surface area contributed by atoms with Crippen molar-refractivity contribution in [2.24, 2.45) is 0 Å². The van der Waals surface area contributed by atoms with Gasteiger partial charge in [-0.2, -0.15) is 0 Å². The Morgan fingerprint density at radius 1 is 1.14 bits per heavy atom. The fourth-order valence-corrected chi connectivity index (χ4v) is 4.27. The minimum absolute atomic E-state index is 0.138. The van der Waals surface area contributed by atoms with Gasteiger partial charge in [-0.25, -0.2) is 0 Å². The molecule has 28 heavy (non-hydrogen) atoms. The molecule has 1 atom stereocenters. The summed E-state index contributed by atoms with van der Waals surface area (Å²) in [6.45, 7) is 3.69. The lowest BCUT2D eigenvalue weighted by molar-refractivity contribution is 0.0168. The number of benzene rings is 1. The lowest BCUT2D eigenvalue weighted by atomic mass is 10.2. The van der Waals surface area contributed by atoms with E-state index in [1.54, 1.807) is 35.6 Å². The first kappa shape index (κ1) is 19.2. The zero-order chi connectivity index (χ0) is 19.3. The SMILES string of the molecule is O=C(NCC(c1cccs1)N1CCOCC1)c1ccc(-c2ccc(Cl)cc2)o1. The highest BCUT2D eigenvalue weighted by molar-refractivity contribution is 7.10. The van der Waals surface area contributed by atoms with Crippen LogP contribution in [0, 0.1) is 0 Å². The van der Waals surface area contributed by atoms with Crippen molar-refractivity contribution in [3.05, 3.63) is 69.6 Å². The molecule has 1 aliphatic rings. The highest BCUT2D eigenvalue weighted by Gasteiger charge is 2.24. The molecule has 1 amide bonds. The minimum atomic E-state index is -0.213. The number of furan rings is 1. The van der Waals surface area contributed by atoms with E-state index < -0.39 is 0 Å². The number of carbonyl (C=O) groups is 1. The van der Waals surface area contributed by atoms with E-state index in [-0.39, 0.29) is 11.9 Å². The van der Waals surface area contributed by atoms with Gasteiger partial charge in [0.1, 0.15) is 5.76 Å². The summed E-state index contributed by atoms with van der Waals surface area (Å²) in [7, 11) is 0. The van der Waals surface area contributed by atoms with E-state index in [4.69, 9.17) is 20.8 Å². The highest BCUT2D eigenvalue weighted by atomic mass is 35.5. The molecular weight excluding hydrogens is 396 g/mol. The van der Waals surface area contributed by atoms with Crippen LogP contribution in [0.5, 0.6) is 0 Å². The van der Waals surface area contributed by atoms with Gasteiger partial charge >= 0.3 is 0 Å². The third-order valence-corrected chi connectivity index (χ3v) is 6.00. The molecule has 1 aliphatic heterocycles. The lowest BCUT2D eigenvalue weighted by Gasteiger charge is -2.34. The molecular formula is C21H21ClN2O3S. The molecule has 0 saturated carbocycles. The van der Waals surface area contributed by atoms with E-state index >= 15 is 0 Å². The molecule has 0 spiro atoms. The first-order chi connectivity index (χ1) is 13.7. The zero-order valence-electron chi connectivity index (χ0n) is 15.3. The molecule has 7 heteroatoms. The Morgan fingerprint density at radius 2 is 1.93 bits per heavy atom. The van der Waals surface area contributed by atoms with Gasteiger partial charge in [0.15, 0.2) is 5.76 Å². The second-order valence-corrected chi connectivity index (χ2v) is 7.98. The number of halogens is 1. The molecule has 146 valence electrons. The second-order valence-electron chi connectivity index (χ2n) is 6.56. The number of morpholine rings is 1. The predicted molar refractivity (Wildman–Crippen MR) is 111 cm³/mol. The normalized spacial score (nSPS) is 16.0. The molecule has 1 aromatic carbocycles. The second kappa shape index (κ2) is 8.92. The maximum Gasteiger partial charge on any atom is 0.287 e. The van der Waals surface area contributed by atoms with Crippen molar-refractivity contribution in [2.45, 2.75) is 6.04 Å². The Hall–Kier alpha value is -2.12. The average Bonchev–Trinajstić information content (AvgIpc) is 3.42. The van der Waals surface area contributed by atoms with Crippen molar-refractivity contribution in [3.8, 4) is 11.3 Å². The van der Waals surface area contributed by atoms with Gasteiger partial charge in [0.05, 0.1) is 19.3 Å². The predicted octanol–water partition coefficient (Wildman–Crippen LogP) is 4.46. The number of hydrogen-bond acceptors (Lipinski definition) is 5. The first-order valence-electron chi connectivity index (χ1n) is 9.20. The summed E-state index contributed by atoms with van der Waals surface area (Å²) in [5.74, 6) is 0.733. The van der Waals surface area contributed by atoms with Crippen molar-refractivity contribution in [1.82, 2.24) is 10.2 Å². The van der Waals surface area contributed by atoms with E-state index in [9.17, 15) is 4.79 Å². The van der Waals surface area contributed by atoms with Gasteiger partial charge < -0.3 is 14.5 Å². The standard InChI is InChI=1S/C21H21ClN2O3S/c22-16-5-3-15(4-6-16)18-7-8-19(27-18)21(25)23-14-17(20-2-1-13-28-20)24-9-11-26-12-10-24/h1-8,13,17H,9-12,14H2,(H,23,25). The number of amides is 1. The third kappa shape index (κ3) is 4.47. The van der Waals surface area contributed by atoms with Crippen molar-refractivity contribution in [2.75, 3.05) is 32.8 Å². The summed E-state index contributed by atoms with van der Waals surface area (Å²) in [4.78, 5) is 16.2. The number of carbonyl (C=O) groups excluding carboxylic acids is 1. The van der Waals surface area contributed by atoms with Crippen LogP contribution < -0.4 is 5.32 Å². The summed E-state index contributed by atoms with van der Waals surface area (Å²) >= 11 is 7.63. The Balaban J connectivity index is 1.43. The first-order valence-corrected chi connectivity index (χ1v) is 10.5. The molecule has 1 fully saturated rings. The summed E-state index contributed by atoms with van der Waals surface area (Å²) in [5.41, 5.74) is 0.883. The number of hydrogen-bond donors (Lipinski definition) is 1. The molecule has 3 heterocycles. The van der Waals surface area contributed by atoms with E-state index in [1.165, 1.54) is 4.88 Å². The molecule has 3 aromatic rings. The largest absolute Gasteiger partial charge is 0.451 e. The number of rotatable bonds is 6. The summed E-state index contributed by atoms with van der Waals surface area (Å²) in [6, 6.07) is 15.1. The highest BCUT2D eigenvalue weighted by Crippen LogP contribution is 2.26.